The molecule has 0 saturated carbocycles. The van der Waals surface area contributed by atoms with E-state index in [0.29, 0.717) is 6.54 Å². The van der Waals surface area contributed by atoms with Crippen molar-refractivity contribution in [2.24, 2.45) is 0 Å². The van der Waals surface area contributed by atoms with Crippen molar-refractivity contribution >= 4 is 11.9 Å². The average Bonchev–Trinajstić information content (AvgIpc) is 2.46. The monoisotopic (exact) mass is 279 g/mol. The van der Waals surface area contributed by atoms with Gasteiger partial charge < -0.3 is 9.47 Å². The van der Waals surface area contributed by atoms with Crippen LogP contribution >= 0.6 is 0 Å². The van der Waals surface area contributed by atoms with Gasteiger partial charge in [0.05, 0.1) is 7.11 Å². The predicted octanol–water partition coefficient (Wildman–Crippen LogP) is 1.61. The lowest BCUT2D eigenvalue weighted by atomic mass is 10.2. The van der Waals surface area contributed by atoms with Crippen LogP contribution in [0, 0.1) is 0 Å². The van der Waals surface area contributed by atoms with Crippen LogP contribution in [-0.4, -0.2) is 43.1 Å². The lowest BCUT2D eigenvalue weighted by Gasteiger charge is -2.24. The first kappa shape index (κ1) is 16.2. The van der Waals surface area contributed by atoms with Crippen LogP contribution in [0.25, 0.3) is 0 Å². The van der Waals surface area contributed by atoms with E-state index >= 15 is 0 Å². The van der Waals surface area contributed by atoms with Crippen molar-refractivity contribution in [2.75, 3.05) is 14.2 Å². The Balaban J connectivity index is 2.53. The molecule has 0 aliphatic heterocycles. The summed E-state index contributed by atoms with van der Waals surface area (Å²) in [6.07, 6.45) is -0.889. The van der Waals surface area contributed by atoms with Gasteiger partial charge in [0, 0.05) is 6.54 Å². The van der Waals surface area contributed by atoms with Gasteiger partial charge in [0.1, 0.15) is 6.04 Å². The minimum Gasteiger partial charge on any atom is -0.466 e. The molecule has 0 amide bonds. The maximum absolute atomic E-state index is 11.9. The normalized spacial score (nSPS) is 13.7. The van der Waals surface area contributed by atoms with Crippen LogP contribution < -0.4 is 0 Å². The summed E-state index contributed by atoms with van der Waals surface area (Å²) in [5.41, 5.74) is 1.11. The minimum atomic E-state index is -0.889. The van der Waals surface area contributed by atoms with Crippen molar-refractivity contribution in [3.63, 3.8) is 0 Å². The predicted molar refractivity (Wildman–Crippen MR) is 74.9 cm³/mol. The Morgan fingerprint density at radius 3 is 2.30 bits per heavy atom. The molecule has 0 spiro atoms. The number of esters is 2. The fourth-order valence-electron chi connectivity index (χ4n) is 1.68. The molecule has 1 rings (SSSR count). The third kappa shape index (κ3) is 4.66. The van der Waals surface area contributed by atoms with E-state index in [9.17, 15) is 9.59 Å². The lowest BCUT2D eigenvalue weighted by Crippen LogP contribution is -2.39. The van der Waals surface area contributed by atoms with Gasteiger partial charge in [0.25, 0.3) is 0 Å². The molecule has 0 bridgehead atoms. The highest BCUT2D eigenvalue weighted by atomic mass is 16.6. The first-order chi connectivity index (χ1) is 9.45. The largest absolute Gasteiger partial charge is 0.466 e. The van der Waals surface area contributed by atoms with E-state index in [1.807, 2.05) is 42.3 Å². The molecule has 0 heterocycles. The van der Waals surface area contributed by atoms with Gasteiger partial charge in [-0.15, -0.1) is 0 Å². The van der Waals surface area contributed by atoms with Gasteiger partial charge in [-0.05, 0) is 26.5 Å². The standard InChI is InChI=1S/C15H21NO4/c1-11(14(17)20-12(2)15(18)19-4)16(3)10-13-8-6-5-7-9-13/h5-9,11-12H,10H2,1-4H3. The number of carbonyl (C=O) groups excluding carboxylic acids is 2. The van der Waals surface area contributed by atoms with Crippen LogP contribution in [0.2, 0.25) is 0 Å². The molecule has 20 heavy (non-hydrogen) atoms. The molecular formula is C15H21NO4. The van der Waals surface area contributed by atoms with E-state index in [0.717, 1.165) is 5.56 Å². The van der Waals surface area contributed by atoms with Crippen molar-refractivity contribution in [1.82, 2.24) is 4.90 Å². The van der Waals surface area contributed by atoms with Crippen molar-refractivity contribution in [1.29, 1.82) is 0 Å². The van der Waals surface area contributed by atoms with Crippen LogP contribution in [0.15, 0.2) is 30.3 Å². The number of carbonyl (C=O) groups is 2. The molecule has 2 unspecified atom stereocenters. The lowest BCUT2D eigenvalue weighted by molar-refractivity contribution is -0.167. The fourth-order valence-corrected chi connectivity index (χ4v) is 1.68. The Kier molecular flexibility index (Phi) is 6.18. The summed E-state index contributed by atoms with van der Waals surface area (Å²) in [7, 11) is 3.10. The zero-order valence-corrected chi connectivity index (χ0v) is 12.3. The first-order valence-electron chi connectivity index (χ1n) is 6.48. The highest BCUT2D eigenvalue weighted by Crippen LogP contribution is 2.08. The zero-order chi connectivity index (χ0) is 15.1. The first-order valence-corrected chi connectivity index (χ1v) is 6.48. The SMILES string of the molecule is COC(=O)C(C)OC(=O)C(C)N(C)Cc1ccccc1. The van der Waals surface area contributed by atoms with E-state index in [1.165, 1.54) is 14.0 Å². The van der Waals surface area contributed by atoms with Gasteiger partial charge in [-0.25, -0.2) is 4.79 Å². The van der Waals surface area contributed by atoms with Crippen LogP contribution in [0.3, 0.4) is 0 Å². The summed E-state index contributed by atoms with van der Waals surface area (Å²) < 4.78 is 9.59. The molecule has 1 aromatic rings. The Bertz CT molecular complexity index is 446. The number of ether oxygens (including phenoxy) is 2. The second-order valence-electron chi connectivity index (χ2n) is 4.68. The van der Waals surface area contributed by atoms with Crippen LogP contribution in [0.1, 0.15) is 19.4 Å². The third-order valence-corrected chi connectivity index (χ3v) is 3.10. The molecule has 5 heteroatoms. The molecule has 0 radical (unpaired) electrons. The minimum absolute atomic E-state index is 0.442. The molecule has 110 valence electrons. The zero-order valence-electron chi connectivity index (χ0n) is 12.3. The summed E-state index contributed by atoms with van der Waals surface area (Å²) in [5, 5.41) is 0. The second kappa shape index (κ2) is 7.65. The summed E-state index contributed by atoms with van der Waals surface area (Å²) >= 11 is 0. The van der Waals surface area contributed by atoms with E-state index in [4.69, 9.17) is 4.74 Å². The molecule has 0 saturated heterocycles. The number of hydrogen-bond acceptors (Lipinski definition) is 5. The van der Waals surface area contributed by atoms with Crippen molar-refractivity contribution in [3.05, 3.63) is 35.9 Å². The van der Waals surface area contributed by atoms with Crippen LogP contribution in [-0.2, 0) is 25.6 Å². The van der Waals surface area contributed by atoms with Crippen LogP contribution in [0.5, 0.6) is 0 Å². The quantitative estimate of drug-likeness (QED) is 0.741. The summed E-state index contributed by atoms with van der Waals surface area (Å²) in [5.74, 6) is -1.00. The van der Waals surface area contributed by atoms with Gasteiger partial charge in [-0.1, -0.05) is 30.3 Å². The Morgan fingerprint density at radius 1 is 1.15 bits per heavy atom. The van der Waals surface area contributed by atoms with Gasteiger partial charge in [-0.2, -0.15) is 0 Å². The molecule has 0 fully saturated rings. The van der Waals surface area contributed by atoms with Gasteiger partial charge >= 0.3 is 11.9 Å². The molecule has 5 nitrogen and oxygen atoms in total. The molecule has 1 aromatic carbocycles. The molecule has 0 aliphatic rings. The highest BCUT2D eigenvalue weighted by molar-refractivity contribution is 5.81. The van der Waals surface area contributed by atoms with Crippen molar-refractivity contribution < 1.29 is 19.1 Å². The topological polar surface area (TPSA) is 55.8 Å². The Labute approximate surface area is 119 Å². The summed E-state index contributed by atoms with van der Waals surface area (Å²) in [6, 6.07) is 9.38. The third-order valence-electron chi connectivity index (χ3n) is 3.10. The molecule has 0 N–H and O–H groups in total. The number of rotatable bonds is 6. The van der Waals surface area contributed by atoms with Gasteiger partial charge in [0.2, 0.25) is 0 Å². The number of likely N-dealkylation sites (N-methyl/N-ethyl adjacent to an activating group) is 1. The van der Waals surface area contributed by atoms with Crippen molar-refractivity contribution in [2.45, 2.75) is 32.5 Å². The number of methoxy groups -OCH3 is 1. The van der Waals surface area contributed by atoms with E-state index < -0.39 is 24.1 Å². The highest BCUT2D eigenvalue weighted by Gasteiger charge is 2.24. The number of hydrogen-bond donors (Lipinski definition) is 0. The number of nitrogens with zero attached hydrogens (tertiary/aromatic N) is 1. The summed E-state index contributed by atoms with van der Waals surface area (Å²) in [4.78, 5) is 25.0. The Morgan fingerprint density at radius 2 is 1.75 bits per heavy atom. The maximum atomic E-state index is 11.9. The molecule has 0 aromatic heterocycles. The smallest absolute Gasteiger partial charge is 0.346 e. The average molecular weight is 279 g/mol. The van der Waals surface area contributed by atoms with Crippen LogP contribution in [0.4, 0.5) is 0 Å². The number of benzene rings is 1. The summed E-state index contributed by atoms with van der Waals surface area (Å²) in [6.45, 7) is 3.87. The van der Waals surface area contributed by atoms with Gasteiger partial charge in [0.15, 0.2) is 6.10 Å². The van der Waals surface area contributed by atoms with Gasteiger partial charge in [-0.3, -0.25) is 9.69 Å². The molecular weight excluding hydrogens is 258 g/mol. The van der Waals surface area contributed by atoms with E-state index in [-0.39, 0.29) is 0 Å². The van der Waals surface area contributed by atoms with E-state index in [2.05, 4.69) is 4.74 Å². The molecule has 0 aliphatic carbocycles. The van der Waals surface area contributed by atoms with Crippen molar-refractivity contribution in [3.8, 4) is 0 Å². The maximum Gasteiger partial charge on any atom is 0.346 e. The van der Waals surface area contributed by atoms with E-state index in [1.54, 1.807) is 6.92 Å². The molecule has 2 atom stereocenters. The second-order valence-corrected chi connectivity index (χ2v) is 4.68. The Hall–Kier alpha value is -1.88. The fraction of sp³-hybridized carbons (Fsp3) is 0.467.